The summed E-state index contributed by atoms with van der Waals surface area (Å²) in [5.74, 6) is -0.696. The summed E-state index contributed by atoms with van der Waals surface area (Å²) in [4.78, 5) is 14.9. The largest absolute Gasteiger partial charge is 0.481 e. The monoisotopic (exact) mass is 314 g/mol. The first-order chi connectivity index (χ1) is 10.7. The Kier molecular flexibility index (Phi) is 15.8. The van der Waals surface area contributed by atoms with Gasteiger partial charge in [-0.15, -0.1) is 0 Å². The molecule has 4 heteroatoms. The third-order valence-corrected chi connectivity index (χ3v) is 3.86. The van der Waals surface area contributed by atoms with E-state index in [2.05, 4.69) is 24.0 Å². The molecule has 4 nitrogen and oxygen atoms in total. The molecule has 0 unspecified atom stereocenters. The molecule has 0 aliphatic heterocycles. The van der Waals surface area contributed by atoms with Crippen LogP contribution in [0.2, 0.25) is 0 Å². The summed E-state index contributed by atoms with van der Waals surface area (Å²) < 4.78 is 0. The zero-order valence-corrected chi connectivity index (χ0v) is 14.1. The van der Waals surface area contributed by atoms with E-state index in [-0.39, 0.29) is 6.10 Å². The lowest BCUT2D eigenvalue weighted by Gasteiger charge is -2.10. The van der Waals surface area contributed by atoms with Crippen molar-refractivity contribution in [1.82, 2.24) is 0 Å². The van der Waals surface area contributed by atoms with Gasteiger partial charge in [0.05, 0.1) is 6.10 Å². The molecule has 0 aromatic heterocycles. The van der Waals surface area contributed by atoms with Gasteiger partial charge in [-0.1, -0.05) is 64.0 Å². The molecule has 0 fully saturated rings. The highest BCUT2D eigenvalue weighted by Crippen LogP contribution is 2.12. The van der Waals surface area contributed by atoms with Crippen molar-refractivity contribution in [1.29, 1.82) is 0 Å². The Labute approximate surface area is 135 Å². The maximum Gasteiger partial charge on any atom is 0.303 e. The lowest BCUT2D eigenvalue weighted by atomic mass is 10.1. The van der Waals surface area contributed by atoms with Crippen molar-refractivity contribution >= 4 is 5.97 Å². The van der Waals surface area contributed by atoms with Gasteiger partial charge in [0.15, 0.2) is 0 Å². The van der Waals surface area contributed by atoms with E-state index in [1.54, 1.807) is 0 Å². The highest BCUT2D eigenvalue weighted by Gasteiger charge is 2.06. The predicted molar refractivity (Wildman–Crippen MR) is 90.0 cm³/mol. The van der Waals surface area contributed by atoms with Gasteiger partial charge >= 0.3 is 5.97 Å². The molecule has 0 spiro atoms. The van der Waals surface area contributed by atoms with Crippen LogP contribution in [0.5, 0.6) is 0 Å². The average Bonchev–Trinajstić information content (AvgIpc) is 2.50. The molecule has 22 heavy (non-hydrogen) atoms. The fourth-order valence-corrected chi connectivity index (χ4v) is 2.45. The number of carboxylic acid groups (broad SMARTS) is 1. The van der Waals surface area contributed by atoms with Crippen LogP contribution in [0, 0.1) is 0 Å². The van der Waals surface area contributed by atoms with Crippen LogP contribution in [0.25, 0.3) is 0 Å². The second-order valence-electron chi connectivity index (χ2n) is 5.98. The zero-order valence-electron chi connectivity index (χ0n) is 14.1. The first kappa shape index (κ1) is 21.1. The van der Waals surface area contributed by atoms with Crippen molar-refractivity contribution in [3.63, 3.8) is 0 Å². The Hall–Kier alpha value is -0.870. The molecule has 1 atom stereocenters. The van der Waals surface area contributed by atoms with Crippen LogP contribution < -0.4 is 0 Å². The van der Waals surface area contributed by atoms with E-state index in [9.17, 15) is 4.79 Å². The highest BCUT2D eigenvalue weighted by molar-refractivity contribution is 5.66. The third kappa shape index (κ3) is 15.5. The molecule has 0 aliphatic carbocycles. The second kappa shape index (κ2) is 16.5. The van der Waals surface area contributed by atoms with Crippen molar-refractivity contribution in [3.8, 4) is 0 Å². The molecule has 0 aliphatic rings. The summed E-state index contributed by atoms with van der Waals surface area (Å²) in [7, 11) is 0. The van der Waals surface area contributed by atoms with Gasteiger partial charge in [0.25, 0.3) is 0 Å². The summed E-state index contributed by atoms with van der Waals surface area (Å²) in [5.41, 5.74) is 0. The standard InChI is InChI=1S/C18H34O4/c1-2-3-4-11-14-17(22-21)15-12-9-7-5-6-8-10-13-16-18(19)20/h9,12,17,21H,2-8,10-11,13-16H2,1H3,(H,19,20)/b12-9-/t17-/m1/s1. The minimum absolute atomic E-state index is 0.0656. The van der Waals surface area contributed by atoms with E-state index in [1.807, 2.05) is 0 Å². The van der Waals surface area contributed by atoms with Gasteiger partial charge in [0.2, 0.25) is 0 Å². The van der Waals surface area contributed by atoms with Gasteiger partial charge < -0.3 is 5.11 Å². The fraction of sp³-hybridized carbons (Fsp3) is 0.833. The van der Waals surface area contributed by atoms with Crippen molar-refractivity contribution in [2.45, 2.75) is 96.5 Å². The summed E-state index contributed by atoms with van der Waals surface area (Å²) in [6.45, 7) is 2.19. The van der Waals surface area contributed by atoms with Gasteiger partial charge in [-0.25, -0.2) is 4.89 Å². The van der Waals surface area contributed by atoms with E-state index in [0.29, 0.717) is 6.42 Å². The van der Waals surface area contributed by atoms with Crippen LogP contribution in [0.15, 0.2) is 12.2 Å². The van der Waals surface area contributed by atoms with Crippen LogP contribution in [-0.4, -0.2) is 22.4 Å². The quantitative estimate of drug-likeness (QED) is 0.169. The molecule has 2 N–H and O–H groups in total. The number of unbranched alkanes of at least 4 members (excludes halogenated alkanes) is 8. The van der Waals surface area contributed by atoms with Crippen molar-refractivity contribution in [2.24, 2.45) is 0 Å². The minimum Gasteiger partial charge on any atom is -0.481 e. The lowest BCUT2D eigenvalue weighted by molar-refractivity contribution is -0.279. The smallest absolute Gasteiger partial charge is 0.303 e. The normalized spacial score (nSPS) is 12.8. The van der Waals surface area contributed by atoms with Gasteiger partial charge in [-0.2, -0.15) is 0 Å². The average molecular weight is 314 g/mol. The molecule has 0 radical (unpaired) electrons. The number of hydrogen-bond donors (Lipinski definition) is 2. The Bertz CT molecular complexity index is 276. The predicted octanol–water partition coefficient (Wildman–Crippen LogP) is 5.58. The van der Waals surface area contributed by atoms with Gasteiger partial charge in [-0.05, 0) is 32.1 Å². The molecule has 0 rings (SSSR count). The Morgan fingerprint density at radius 2 is 1.68 bits per heavy atom. The van der Waals surface area contributed by atoms with Crippen molar-refractivity contribution < 1.29 is 20.0 Å². The summed E-state index contributed by atoms with van der Waals surface area (Å²) in [6.07, 6.45) is 17.2. The Morgan fingerprint density at radius 1 is 1.00 bits per heavy atom. The van der Waals surface area contributed by atoms with E-state index >= 15 is 0 Å². The summed E-state index contributed by atoms with van der Waals surface area (Å²) in [6, 6.07) is 0. The summed E-state index contributed by atoms with van der Waals surface area (Å²) in [5, 5.41) is 17.4. The van der Waals surface area contributed by atoms with E-state index in [0.717, 1.165) is 57.8 Å². The number of rotatable bonds is 16. The molecule has 0 amide bonds. The van der Waals surface area contributed by atoms with E-state index < -0.39 is 5.97 Å². The van der Waals surface area contributed by atoms with Crippen LogP contribution >= 0.6 is 0 Å². The topological polar surface area (TPSA) is 66.8 Å². The fourth-order valence-electron chi connectivity index (χ4n) is 2.45. The summed E-state index contributed by atoms with van der Waals surface area (Å²) >= 11 is 0. The molecule has 0 aromatic carbocycles. The number of hydrogen-bond acceptors (Lipinski definition) is 3. The van der Waals surface area contributed by atoms with Crippen molar-refractivity contribution in [2.75, 3.05) is 0 Å². The SMILES string of the molecule is CCCCCC[C@H](C/C=C\CCCCCCCC(=O)O)OO. The van der Waals surface area contributed by atoms with Gasteiger partial charge in [0.1, 0.15) is 0 Å². The number of carboxylic acids is 1. The van der Waals surface area contributed by atoms with E-state index in [1.165, 1.54) is 19.3 Å². The molecule has 130 valence electrons. The molecule has 0 saturated heterocycles. The molecule has 0 saturated carbocycles. The van der Waals surface area contributed by atoms with Gasteiger partial charge in [0, 0.05) is 6.42 Å². The molecule has 0 heterocycles. The Morgan fingerprint density at radius 3 is 2.36 bits per heavy atom. The molecular formula is C18H34O4. The first-order valence-electron chi connectivity index (χ1n) is 8.87. The van der Waals surface area contributed by atoms with Crippen LogP contribution in [0.1, 0.15) is 90.4 Å². The highest BCUT2D eigenvalue weighted by atomic mass is 17.1. The molecule has 0 bridgehead atoms. The number of allylic oxidation sites excluding steroid dienone is 1. The van der Waals surface area contributed by atoms with Crippen LogP contribution in [-0.2, 0) is 9.68 Å². The zero-order chi connectivity index (χ0) is 16.5. The van der Waals surface area contributed by atoms with Crippen LogP contribution in [0.4, 0.5) is 0 Å². The minimum atomic E-state index is -0.696. The number of aliphatic carboxylic acids is 1. The number of carbonyl (C=O) groups is 1. The Balaban J connectivity index is 3.41. The second-order valence-corrected chi connectivity index (χ2v) is 5.98. The maximum absolute atomic E-state index is 10.3. The van der Waals surface area contributed by atoms with Crippen molar-refractivity contribution in [3.05, 3.63) is 12.2 Å². The third-order valence-electron chi connectivity index (χ3n) is 3.86. The van der Waals surface area contributed by atoms with Gasteiger partial charge in [-0.3, -0.25) is 10.1 Å². The molecule has 0 aromatic rings. The first-order valence-corrected chi connectivity index (χ1v) is 8.87. The van der Waals surface area contributed by atoms with Crippen LogP contribution in [0.3, 0.4) is 0 Å². The maximum atomic E-state index is 10.3. The lowest BCUT2D eigenvalue weighted by Crippen LogP contribution is -2.09. The van der Waals surface area contributed by atoms with E-state index in [4.69, 9.17) is 10.4 Å². The molecular weight excluding hydrogens is 280 g/mol.